The van der Waals surface area contributed by atoms with Crippen molar-refractivity contribution in [2.75, 3.05) is 0 Å². The second kappa shape index (κ2) is 4.33. The molecule has 0 radical (unpaired) electrons. The Labute approximate surface area is 103 Å². The van der Waals surface area contributed by atoms with Gasteiger partial charge in [0.25, 0.3) is 0 Å². The lowest BCUT2D eigenvalue weighted by Gasteiger charge is -2.04. The molecule has 1 N–H and O–H groups in total. The molecule has 2 heterocycles. The Bertz CT molecular complexity index is 757. The van der Waals surface area contributed by atoms with E-state index in [4.69, 9.17) is 0 Å². The van der Waals surface area contributed by atoms with Gasteiger partial charge >= 0.3 is 0 Å². The number of H-pyrrole nitrogens is 1. The molecule has 4 heteroatoms. The molecule has 0 amide bonds. The molecule has 88 valence electrons. The summed E-state index contributed by atoms with van der Waals surface area (Å²) in [4.78, 5) is 18.4. The average Bonchev–Trinajstić information content (AvgIpc) is 2.72. The number of hydrogen-bond acceptors (Lipinski definition) is 2. The van der Waals surface area contributed by atoms with Gasteiger partial charge in [0.1, 0.15) is 17.5 Å². The van der Waals surface area contributed by atoms with Gasteiger partial charge in [0.2, 0.25) is 5.56 Å². The minimum absolute atomic E-state index is 0.130. The number of aromatic amines is 1. The Morgan fingerprint density at radius 3 is 2.83 bits per heavy atom. The molecule has 0 aromatic carbocycles. The van der Waals surface area contributed by atoms with E-state index in [0.717, 1.165) is 11.2 Å². The fourth-order valence-corrected chi connectivity index (χ4v) is 1.83. The van der Waals surface area contributed by atoms with Crippen LogP contribution in [0.1, 0.15) is 0 Å². The van der Waals surface area contributed by atoms with Crippen molar-refractivity contribution >= 4 is 16.9 Å². The van der Waals surface area contributed by atoms with Crippen molar-refractivity contribution in [2.24, 2.45) is 0 Å². The molecular weight excluding hydrogens is 226 g/mol. The molecule has 4 nitrogen and oxygen atoms in total. The summed E-state index contributed by atoms with van der Waals surface area (Å²) in [6.07, 6.45) is 15.4. The largest absolute Gasteiger partial charge is 0.306 e. The van der Waals surface area contributed by atoms with E-state index in [1.54, 1.807) is 12.4 Å². The number of fused-ring (bicyclic) bond motifs is 1. The third-order valence-electron chi connectivity index (χ3n) is 2.69. The number of aromatic nitrogens is 3. The van der Waals surface area contributed by atoms with Crippen molar-refractivity contribution in [1.29, 1.82) is 0 Å². The van der Waals surface area contributed by atoms with Crippen molar-refractivity contribution in [3.8, 4) is 0 Å². The lowest BCUT2D eigenvalue weighted by Crippen LogP contribution is -2.05. The van der Waals surface area contributed by atoms with Gasteiger partial charge in [0, 0.05) is 11.8 Å². The molecule has 2 aromatic rings. The molecule has 0 unspecified atom stereocenters. The number of hydrogen-bond donors (Lipinski definition) is 1. The number of rotatable bonds is 1. The van der Waals surface area contributed by atoms with Crippen LogP contribution in [0.2, 0.25) is 0 Å². The number of allylic oxidation sites excluding steroid dienone is 8. The van der Waals surface area contributed by atoms with Crippen molar-refractivity contribution in [2.45, 2.75) is 0 Å². The van der Waals surface area contributed by atoms with E-state index in [2.05, 4.69) is 9.97 Å². The van der Waals surface area contributed by atoms with Crippen LogP contribution in [0.15, 0.2) is 65.8 Å². The molecule has 3 rings (SSSR count). The topological polar surface area (TPSA) is 50.7 Å². The molecule has 2 aromatic heterocycles. The minimum Gasteiger partial charge on any atom is -0.306 e. The summed E-state index contributed by atoms with van der Waals surface area (Å²) >= 11 is 0. The highest BCUT2D eigenvalue weighted by molar-refractivity contribution is 5.77. The molecule has 1 aliphatic rings. The third-order valence-corrected chi connectivity index (χ3v) is 2.69. The van der Waals surface area contributed by atoms with E-state index >= 15 is 0 Å². The Hall–Kier alpha value is -2.62. The van der Waals surface area contributed by atoms with Crippen molar-refractivity contribution in [3.05, 3.63) is 71.3 Å². The Kier molecular flexibility index (Phi) is 2.53. The van der Waals surface area contributed by atoms with Crippen LogP contribution >= 0.6 is 0 Å². The van der Waals surface area contributed by atoms with E-state index in [1.807, 2.05) is 47.1 Å². The SMILES string of the molecule is O=c1ccc2ncn(C3=CC=CC=CC=C3)c2[nH]1. The second-order valence-electron chi connectivity index (χ2n) is 3.89. The van der Waals surface area contributed by atoms with E-state index in [9.17, 15) is 4.79 Å². The van der Waals surface area contributed by atoms with Gasteiger partial charge in [0.05, 0.1) is 0 Å². The third kappa shape index (κ3) is 1.84. The van der Waals surface area contributed by atoms with Gasteiger partial charge < -0.3 is 4.98 Å². The molecule has 0 spiro atoms. The Morgan fingerprint density at radius 1 is 1.06 bits per heavy atom. The molecule has 0 aliphatic heterocycles. The number of pyridine rings is 1. The predicted molar refractivity (Wildman–Crippen MR) is 72.0 cm³/mol. The van der Waals surface area contributed by atoms with Crippen molar-refractivity contribution in [1.82, 2.24) is 14.5 Å². The standard InChI is InChI=1S/C14H11N3O/c18-13-9-8-12-14(16-13)17(10-15-12)11-6-4-2-1-3-5-7-11/h1-10H,(H,16,18). The van der Waals surface area contributed by atoms with Crippen LogP contribution in [0.5, 0.6) is 0 Å². The van der Waals surface area contributed by atoms with Crippen LogP contribution < -0.4 is 5.56 Å². The molecular formula is C14H11N3O. The van der Waals surface area contributed by atoms with Crippen molar-refractivity contribution < 1.29 is 0 Å². The van der Waals surface area contributed by atoms with Crippen LogP contribution in [-0.4, -0.2) is 14.5 Å². The summed E-state index contributed by atoms with van der Waals surface area (Å²) < 4.78 is 1.86. The Morgan fingerprint density at radius 2 is 1.89 bits per heavy atom. The summed E-state index contributed by atoms with van der Waals surface area (Å²) in [5.41, 5.74) is 2.29. The minimum atomic E-state index is -0.130. The fraction of sp³-hybridized carbons (Fsp3) is 0. The summed E-state index contributed by atoms with van der Waals surface area (Å²) in [7, 11) is 0. The van der Waals surface area contributed by atoms with E-state index in [-0.39, 0.29) is 5.56 Å². The maximum Gasteiger partial charge on any atom is 0.249 e. The summed E-state index contributed by atoms with van der Waals surface area (Å²) in [5, 5.41) is 0. The lowest BCUT2D eigenvalue weighted by molar-refractivity contribution is 1.10. The number of nitrogens with one attached hydrogen (secondary N) is 1. The molecule has 0 atom stereocenters. The first-order valence-electron chi connectivity index (χ1n) is 5.63. The molecule has 18 heavy (non-hydrogen) atoms. The highest BCUT2D eigenvalue weighted by Crippen LogP contribution is 2.15. The second-order valence-corrected chi connectivity index (χ2v) is 3.89. The number of nitrogens with zero attached hydrogens (tertiary/aromatic N) is 2. The van der Waals surface area contributed by atoms with Crippen LogP contribution in [0, 0.1) is 0 Å². The van der Waals surface area contributed by atoms with E-state index in [1.165, 1.54) is 6.07 Å². The predicted octanol–water partition coefficient (Wildman–Crippen LogP) is 2.25. The molecule has 0 saturated carbocycles. The maximum absolute atomic E-state index is 11.4. The molecule has 0 bridgehead atoms. The average molecular weight is 237 g/mol. The van der Waals surface area contributed by atoms with E-state index < -0.39 is 0 Å². The first-order valence-corrected chi connectivity index (χ1v) is 5.63. The lowest BCUT2D eigenvalue weighted by atomic mass is 10.2. The zero-order chi connectivity index (χ0) is 12.4. The molecule has 1 aliphatic carbocycles. The molecule has 0 fully saturated rings. The number of imidazole rings is 1. The monoisotopic (exact) mass is 237 g/mol. The maximum atomic E-state index is 11.4. The summed E-state index contributed by atoms with van der Waals surface area (Å²) in [5.74, 6) is 0. The van der Waals surface area contributed by atoms with Gasteiger partial charge in [0.15, 0.2) is 0 Å². The van der Waals surface area contributed by atoms with E-state index in [0.29, 0.717) is 5.65 Å². The van der Waals surface area contributed by atoms with Crippen LogP contribution in [0.3, 0.4) is 0 Å². The zero-order valence-electron chi connectivity index (χ0n) is 9.58. The van der Waals surface area contributed by atoms with Gasteiger partial charge in [-0.05, 0) is 18.2 Å². The van der Waals surface area contributed by atoms with Gasteiger partial charge in [-0.1, -0.05) is 30.4 Å². The highest BCUT2D eigenvalue weighted by Gasteiger charge is 2.05. The summed E-state index contributed by atoms with van der Waals surface area (Å²) in [6, 6.07) is 3.19. The first kappa shape index (κ1) is 10.5. The first-order chi connectivity index (χ1) is 8.84. The van der Waals surface area contributed by atoms with Gasteiger partial charge in [-0.15, -0.1) is 0 Å². The molecule has 0 saturated heterocycles. The summed E-state index contributed by atoms with van der Waals surface area (Å²) in [6.45, 7) is 0. The highest BCUT2D eigenvalue weighted by atomic mass is 16.1. The smallest absolute Gasteiger partial charge is 0.249 e. The van der Waals surface area contributed by atoms with Gasteiger partial charge in [-0.2, -0.15) is 0 Å². The Balaban J connectivity index is 2.20. The quantitative estimate of drug-likeness (QED) is 0.827. The zero-order valence-corrected chi connectivity index (χ0v) is 9.58. The fourth-order valence-electron chi connectivity index (χ4n) is 1.83. The normalized spacial score (nSPS) is 14.6. The van der Waals surface area contributed by atoms with Crippen LogP contribution in [0.4, 0.5) is 0 Å². The van der Waals surface area contributed by atoms with Crippen LogP contribution in [-0.2, 0) is 0 Å². The van der Waals surface area contributed by atoms with Crippen molar-refractivity contribution in [3.63, 3.8) is 0 Å². The van der Waals surface area contributed by atoms with Gasteiger partial charge in [-0.3, -0.25) is 9.36 Å². The van der Waals surface area contributed by atoms with Gasteiger partial charge in [-0.25, -0.2) is 4.98 Å². The van der Waals surface area contributed by atoms with Crippen LogP contribution in [0.25, 0.3) is 16.9 Å².